The van der Waals surface area contributed by atoms with Crippen LogP contribution < -0.4 is 4.72 Å². The summed E-state index contributed by atoms with van der Waals surface area (Å²) in [5.74, 6) is -0.702. The number of sulfonamides is 1. The van der Waals surface area contributed by atoms with E-state index in [1.807, 2.05) is 0 Å². The quantitative estimate of drug-likeness (QED) is 0.705. The van der Waals surface area contributed by atoms with Crippen LogP contribution in [0.1, 0.15) is 10.4 Å². The Balaban J connectivity index is 2.41. The topological polar surface area (TPSA) is 107 Å². The van der Waals surface area contributed by atoms with E-state index in [-0.39, 0.29) is 21.0 Å². The van der Waals surface area contributed by atoms with E-state index in [1.54, 1.807) is 6.07 Å². The number of anilines is 1. The number of nitrogens with one attached hydrogen (secondary N) is 1. The average Bonchev–Trinajstić information content (AvgIpc) is 2.55. The van der Waals surface area contributed by atoms with Crippen molar-refractivity contribution < 1.29 is 26.4 Å². The zero-order chi connectivity index (χ0) is 18.8. The van der Waals surface area contributed by atoms with Crippen molar-refractivity contribution in [1.29, 1.82) is 0 Å². The van der Waals surface area contributed by atoms with Crippen LogP contribution in [0.15, 0.2) is 56.7 Å². The van der Waals surface area contributed by atoms with Gasteiger partial charge in [-0.05, 0) is 42.5 Å². The molecule has 0 saturated carbocycles. The molecule has 0 radical (unpaired) electrons. The molecule has 10 heteroatoms. The van der Waals surface area contributed by atoms with Gasteiger partial charge < -0.3 is 4.74 Å². The van der Waals surface area contributed by atoms with E-state index in [1.165, 1.54) is 43.5 Å². The molecule has 0 aliphatic rings. The third-order valence-electron chi connectivity index (χ3n) is 3.19. The lowest BCUT2D eigenvalue weighted by molar-refractivity contribution is 0.0602. The monoisotopic (exact) mass is 447 g/mol. The maximum absolute atomic E-state index is 12.5. The smallest absolute Gasteiger partial charge is 0.340 e. The van der Waals surface area contributed by atoms with Crippen LogP contribution in [0.25, 0.3) is 0 Å². The van der Waals surface area contributed by atoms with Crippen LogP contribution in [-0.4, -0.2) is 36.2 Å². The van der Waals surface area contributed by atoms with Gasteiger partial charge in [0, 0.05) is 10.7 Å². The van der Waals surface area contributed by atoms with Gasteiger partial charge in [-0.25, -0.2) is 21.6 Å². The minimum Gasteiger partial charge on any atom is -0.465 e. The molecule has 0 fully saturated rings. The Hall–Kier alpha value is -1.91. The molecule has 7 nitrogen and oxygen atoms in total. The van der Waals surface area contributed by atoms with Crippen LogP contribution in [0.2, 0.25) is 0 Å². The second-order valence-electron chi connectivity index (χ2n) is 5.03. The van der Waals surface area contributed by atoms with Gasteiger partial charge in [0.05, 0.1) is 28.2 Å². The molecule has 0 aliphatic carbocycles. The van der Waals surface area contributed by atoms with Crippen molar-refractivity contribution in [3.8, 4) is 0 Å². The number of carbonyl (C=O) groups excluding carboxylic acids is 1. The standard InChI is InChI=1S/C15H14BrNO6S2/c1-23-15(18)13-9-10(16)3-8-14(13)17-25(21,22)12-6-4-11(5-7-12)24(2,19)20/h3-9,17H,1-2H3. The second-order valence-corrected chi connectivity index (χ2v) is 9.64. The molecule has 0 bridgehead atoms. The molecule has 0 saturated heterocycles. The number of ether oxygens (including phenoxy) is 1. The van der Waals surface area contributed by atoms with Crippen molar-refractivity contribution in [2.75, 3.05) is 18.1 Å². The van der Waals surface area contributed by atoms with E-state index >= 15 is 0 Å². The zero-order valence-electron chi connectivity index (χ0n) is 13.2. The fourth-order valence-electron chi connectivity index (χ4n) is 1.95. The van der Waals surface area contributed by atoms with Gasteiger partial charge >= 0.3 is 5.97 Å². The number of hydrogen-bond acceptors (Lipinski definition) is 6. The molecule has 0 aromatic heterocycles. The first-order valence-electron chi connectivity index (χ1n) is 6.75. The number of benzene rings is 2. The Morgan fingerprint density at radius 3 is 2.08 bits per heavy atom. The Morgan fingerprint density at radius 1 is 1.00 bits per heavy atom. The summed E-state index contributed by atoms with van der Waals surface area (Å²) >= 11 is 3.20. The molecular weight excluding hydrogens is 434 g/mol. The molecule has 0 aliphatic heterocycles. The van der Waals surface area contributed by atoms with Gasteiger partial charge in [-0.3, -0.25) is 4.72 Å². The molecule has 2 rings (SSSR count). The summed E-state index contributed by atoms with van der Waals surface area (Å²) in [5, 5.41) is 0. The highest BCUT2D eigenvalue weighted by atomic mass is 79.9. The van der Waals surface area contributed by atoms with Gasteiger partial charge in [-0.15, -0.1) is 0 Å². The summed E-state index contributed by atoms with van der Waals surface area (Å²) < 4.78 is 55.4. The second kappa shape index (κ2) is 7.14. The SMILES string of the molecule is COC(=O)c1cc(Br)ccc1NS(=O)(=O)c1ccc(S(C)(=O)=O)cc1. The van der Waals surface area contributed by atoms with Gasteiger partial charge in [0.1, 0.15) is 0 Å². The van der Waals surface area contributed by atoms with Crippen molar-refractivity contribution in [2.45, 2.75) is 9.79 Å². The predicted molar refractivity (Wildman–Crippen MR) is 95.8 cm³/mol. The molecular formula is C15H14BrNO6S2. The van der Waals surface area contributed by atoms with Gasteiger partial charge in [0.25, 0.3) is 10.0 Å². The molecule has 25 heavy (non-hydrogen) atoms. The van der Waals surface area contributed by atoms with E-state index in [0.29, 0.717) is 4.47 Å². The molecule has 2 aromatic rings. The Morgan fingerprint density at radius 2 is 1.56 bits per heavy atom. The molecule has 2 aromatic carbocycles. The minimum absolute atomic E-state index is 0.00495. The first kappa shape index (κ1) is 19.4. The average molecular weight is 448 g/mol. The molecule has 0 heterocycles. The van der Waals surface area contributed by atoms with Crippen LogP contribution in [0, 0.1) is 0 Å². The molecule has 1 N–H and O–H groups in total. The predicted octanol–water partition coefficient (Wildman–Crippen LogP) is 2.44. The van der Waals surface area contributed by atoms with Crippen molar-refractivity contribution in [1.82, 2.24) is 0 Å². The number of hydrogen-bond donors (Lipinski definition) is 1. The zero-order valence-corrected chi connectivity index (χ0v) is 16.4. The fourth-order valence-corrected chi connectivity index (χ4v) is 4.03. The summed E-state index contributed by atoms with van der Waals surface area (Å²) in [5.41, 5.74) is 0.0791. The van der Waals surface area contributed by atoms with Gasteiger partial charge in [0.15, 0.2) is 9.84 Å². The van der Waals surface area contributed by atoms with Crippen molar-refractivity contribution in [2.24, 2.45) is 0 Å². The summed E-state index contributed by atoms with van der Waals surface area (Å²) in [6, 6.07) is 9.16. The maximum Gasteiger partial charge on any atom is 0.340 e. The Kier molecular flexibility index (Phi) is 5.55. The third-order valence-corrected chi connectivity index (χ3v) is 6.20. The van der Waals surface area contributed by atoms with E-state index in [4.69, 9.17) is 0 Å². The Labute approximate surface area is 154 Å². The Bertz CT molecular complexity index is 1010. The van der Waals surface area contributed by atoms with Crippen LogP contribution in [0.5, 0.6) is 0 Å². The number of esters is 1. The molecule has 0 spiro atoms. The summed E-state index contributed by atoms with van der Waals surface area (Å²) in [4.78, 5) is 11.7. The maximum atomic E-state index is 12.5. The van der Waals surface area contributed by atoms with Crippen LogP contribution >= 0.6 is 15.9 Å². The van der Waals surface area contributed by atoms with Crippen molar-refractivity contribution in [3.05, 3.63) is 52.5 Å². The molecule has 0 unspecified atom stereocenters. The highest BCUT2D eigenvalue weighted by Crippen LogP contribution is 2.25. The highest BCUT2D eigenvalue weighted by molar-refractivity contribution is 9.10. The van der Waals surface area contributed by atoms with Crippen LogP contribution in [0.4, 0.5) is 5.69 Å². The van der Waals surface area contributed by atoms with Gasteiger partial charge in [0.2, 0.25) is 0 Å². The number of sulfone groups is 1. The fraction of sp³-hybridized carbons (Fsp3) is 0.133. The number of halogens is 1. The highest BCUT2D eigenvalue weighted by Gasteiger charge is 2.20. The van der Waals surface area contributed by atoms with Gasteiger partial charge in [-0.2, -0.15) is 0 Å². The lowest BCUT2D eigenvalue weighted by Gasteiger charge is -2.12. The van der Waals surface area contributed by atoms with E-state index in [2.05, 4.69) is 25.4 Å². The van der Waals surface area contributed by atoms with E-state index in [9.17, 15) is 21.6 Å². The number of methoxy groups -OCH3 is 1. The number of rotatable bonds is 5. The third kappa shape index (κ3) is 4.59. The lowest BCUT2D eigenvalue weighted by Crippen LogP contribution is -2.16. The summed E-state index contributed by atoms with van der Waals surface area (Å²) in [6.45, 7) is 0. The van der Waals surface area contributed by atoms with E-state index < -0.39 is 25.8 Å². The van der Waals surface area contributed by atoms with Gasteiger partial charge in [-0.1, -0.05) is 15.9 Å². The minimum atomic E-state index is -4.02. The molecule has 0 amide bonds. The summed E-state index contributed by atoms with van der Waals surface area (Å²) in [6.07, 6.45) is 1.03. The van der Waals surface area contributed by atoms with Crippen molar-refractivity contribution >= 4 is 47.4 Å². The first-order chi connectivity index (χ1) is 11.5. The lowest BCUT2D eigenvalue weighted by atomic mass is 10.2. The van der Waals surface area contributed by atoms with E-state index in [0.717, 1.165) is 6.26 Å². The number of carbonyl (C=O) groups is 1. The largest absolute Gasteiger partial charge is 0.465 e. The van der Waals surface area contributed by atoms with Crippen LogP contribution in [-0.2, 0) is 24.6 Å². The molecule has 134 valence electrons. The van der Waals surface area contributed by atoms with Crippen molar-refractivity contribution in [3.63, 3.8) is 0 Å². The normalized spacial score (nSPS) is 11.8. The summed E-state index contributed by atoms with van der Waals surface area (Å²) in [7, 11) is -6.27. The first-order valence-corrected chi connectivity index (χ1v) is 10.9. The molecule has 0 atom stereocenters. The van der Waals surface area contributed by atoms with Crippen LogP contribution in [0.3, 0.4) is 0 Å².